The molecule has 100 valence electrons. The zero-order valence-electron chi connectivity index (χ0n) is 11.3. The molecule has 1 N–H and O–H groups in total. The van der Waals surface area contributed by atoms with Crippen LogP contribution in [0.15, 0.2) is 33.5 Å². The first-order chi connectivity index (χ1) is 8.97. The Bertz CT molecular complexity index is 671. The number of rotatable bonds is 3. The van der Waals surface area contributed by atoms with E-state index >= 15 is 0 Å². The second kappa shape index (κ2) is 5.26. The molecule has 0 aliphatic carbocycles. The number of carbonyl (C=O) groups is 1. The van der Waals surface area contributed by atoms with Crippen LogP contribution in [0.2, 0.25) is 0 Å². The van der Waals surface area contributed by atoms with Crippen molar-refractivity contribution in [3.63, 3.8) is 0 Å². The average Bonchev–Trinajstić information content (AvgIpc) is 2.35. The Balaban J connectivity index is 2.40. The maximum Gasteiger partial charge on any atom is 0.349 e. The monoisotopic (exact) mass is 259 g/mol. The molecule has 0 bridgehead atoms. The van der Waals surface area contributed by atoms with Gasteiger partial charge in [-0.15, -0.1) is 0 Å². The molecular weight excluding hydrogens is 242 g/mol. The molecule has 1 amide bonds. The van der Waals surface area contributed by atoms with E-state index in [1.807, 2.05) is 32.9 Å². The summed E-state index contributed by atoms with van der Waals surface area (Å²) < 4.78 is 5.16. The van der Waals surface area contributed by atoms with Crippen molar-refractivity contribution in [3.05, 3.63) is 45.8 Å². The van der Waals surface area contributed by atoms with Crippen molar-refractivity contribution < 1.29 is 9.21 Å². The van der Waals surface area contributed by atoms with Gasteiger partial charge in [0.25, 0.3) is 5.91 Å². The summed E-state index contributed by atoms with van der Waals surface area (Å²) in [5.74, 6) is -0.0513. The second-order valence-electron chi connectivity index (χ2n) is 5.09. The maximum absolute atomic E-state index is 11.9. The van der Waals surface area contributed by atoms with Crippen LogP contribution in [0.4, 0.5) is 0 Å². The van der Waals surface area contributed by atoms with Crippen molar-refractivity contribution in [1.29, 1.82) is 0 Å². The number of aryl methyl sites for hydroxylation is 1. The Morgan fingerprint density at radius 3 is 2.74 bits per heavy atom. The van der Waals surface area contributed by atoms with Crippen LogP contribution in [0.3, 0.4) is 0 Å². The van der Waals surface area contributed by atoms with E-state index in [1.54, 1.807) is 12.1 Å². The smallest absolute Gasteiger partial charge is 0.349 e. The molecule has 0 spiro atoms. The fourth-order valence-corrected chi connectivity index (χ4v) is 1.79. The lowest BCUT2D eigenvalue weighted by molar-refractivity contribution is 0.0945. The Kier molecular flexibility index (Phi) is 3.69. The van der Waals surface area contributed by atoms with Gasteiger partial charge in [0.15, 0.2) is 0 Å². The van der Waals surface area contributed by atoms with E-state index in [1.165, 1.54) is 0 Å². The highest BCUT2D eigenvalue weighted by Crippen LogP contribution is 2.15. The van der Waals surface area contributed by atoms with Gasteiger partial charge in [0.2, 0.25) is 0 Å². The Labute approximate surface area is 111 Å². The van der Waals surface area contributed by atoms with E-state index in [2.05, 4.69) is 5.32 Å². The molecule has 0 unspecified atom stereocenters. The highest BCUT2D eigenvalue weighted by atomic mass is 16.4. The Morgan fingerprint density at radius 1 is 1.32 bits per heavy atom. The summed E-state index contributed by atoms with van der Waals surface area (Å²) in [6.07, 6.45) is 0. The Morgan fingerprint density at radius 2 is 2.05 bits per heavy atom. The Hall–Kier alpha value is -2.10. The highest BCUT2D eigenvalue weighted by molar-refractivity contribution is 5.96. The minimum Gasteiger partial charge on any atom is -0.422 e. The molecule has 19 heavy (non-hydrogen) atoms. The van der Waals surface area contributed by atoms with Crippen LogP contribution < -0.4 is 10.9 Å². The zero-order chi connectivity index (χ0) is 14.0. The lowest BCUT2D eigenvalue weighted by atomic mass is 10.1. The van der Waals surface area contributed by atoms with Crippen LogP contribution in [0.25, 0.3) is 11.0 Å². The molecule has 2 rings (SSSR count). The van der Waals surface area contributed by atoms with Crippen molar-refractivity contribution in [2.24, 2.45) is 5.92 Å². The fraction of sp³-hybridized carbons (Fsp3) is 0.333. The molecule has 0 fully saturated rings. The van der Waals surface area contributed by atoms with Crippen LogP contribution in [0.1, 0.15) is 29.8 Å². The maximum atomic E-state index is 11.9. The van der Waals surface area contributed by atoms with Gasteiger partial charge in [0, 0.05) is 11.9 Å². The van der Waals surface area contributed by atoms with Crippen molar-refractivity contribution in [3.8, 4) is 0 Å². The number of fused-ring (bicyclic) bond motifs is 1. The average molecular weight is 259 g/mol. The third kappa shape index (κ3) is 3.02. The summed E-state index contributed by atoms with van der Waals surface area (Å²) in [6.45, 7) is 6.46. The van der Waals surface area contributed by atoms with Gasteiger partial charge < -0.3 is 9.73 Å². The molecule has 2 aromatic rings. The minimum absolute atomic E-state index is 0.0544. The molecule has 0 atom stereocenters. The zero-order valence-corrected chi connectivity index (χ0v) is 11.3. The third-order valence-electron chi connectivity index (χ3n) is 2.80. The largest absolute Gasteiger partial charge is 0.422 e. The van der Waals surface area contributed by atoms with Gasteiger partial charge >= 0.3 is 5.63 Å². The summed E-state index contributed by atoms with van der Waals surface area (Å²) in [4.78, 5) is 23.7. The fourth-order valence-electron chi connectivity index (χ4n) is 1.79. The number of nitrogens with one attached hydrogen (secondary N) is 1. The van der Waals surface area contributed by atoms with Crippen molar-refractivity contribution in [1.82, 2.24) is 5.32 Å². The second-order valence-corrected chi connectivity index (χ2v) is 5.09. The van der Waals surface area contributed by atoms with Gasteiger partial charge in [-0.05, 0) is 31.0 Å². The van der Waals surface area contributed by atoms with Crippen LogP contribution in [-0.4, -0.2) is 12.5 Å². The van der Waals surface area contributed by atoms with E-state index in [-0.39, 0.29) is 11.5 Å². The lowest BCUT2D eigenvalue weighted by Gasteiger charge is -2.07. The molecule has 4 heteroatoms. The molecule has 4 nitrogen and oxygen atoms in total. The first-order valence-electron chi connectivity index (χ1n) is 6.30. The number of hydrogen-bond donors (Lipinski definition) is 1. The molecule has 1 aromatic heterocycles. The van der Waals surface area contributed by atoms with Gasteiger partial charge in [-0.2, -0.15) is 0 Å². The highest BCUT2D eigenvalue weighted by Gasteiger charge is 2.13. The number of carbonyl (C=O) groups excluding carboxylic acids is 1. The molecule has 1 aromatic carbocycles. The van der Waals surface area contributed by atoms with E-state index in [0.29, 0.717) is 18.0 Å². The predicted molar refractivity (Wildman–Crippen MR) is 74.4 cm³/mol. The molecular formula is C15H17NO3. The molecule has 0 aliphatic rings. The van der Waals surface area contributed by atoms with Crippen molar-refractivity contribution >= 4 is 16.9 Å². The summed E-state index contributed by atoms with van der Waals surface area (Å²) in [7, 11) is 0. The van der Waals surface area contributed by atoms with Crippen LogP contribution >= 0.6 is 0 Å². The van der Waals surface area contributed by atoms with E-state index in [0.717, 1.165) is 10.9 Å². The van der Waals surface area contributed by atoms with Gasteiger partial charge in [-0.25, -0.2) is 4.79 Å². The summed E-state index contributed by atoms with van der Waals surface area (Å²) >= 11 is 0. The van der Waals surface area contributed by atoms with Crippen molar-refractivity contribution in [2.45, 2.75) is 20.8 Å². The molecule has 0 aliphatic heterocycles. The molecule has 1 heterocycles. The first-order valence-corrected chi connectivity index (χ1v) is 6.30. The minimum atomic E-state index is -0.599. The number of hydrogen-bond acceptors (Lipinski definition) is 3. The lowest BCUT2D eigenvalue weighted by Crippen LogP contribution is -2.31. The van der Waals surface area contributed by atoms with Gasteiger partial charge in [0.05, 0.1) is 0 Å². The van der Waals surface area contributed by atoms with Crippen molar-refractivity contribution in [2.75, 3.05) is 6.54 Å². The molecule has 0 radical (unpaired) electrons. The first kappa shape index (κ1) is 13.3. The van der Waals surface area contributed by atoms with E-state index < -0.39 is 5.63 Å². The van der Waals surface area contributed by atoms with Gasteiger partial charge in [0.1, 0.15) is 11.1 Å². The van der Waals surface area contributed by atoms with E-state index in [4.69, 9.17) is 4.42 Å². The van der Waals surface area contributed by atoms with Gasteiger partial charge in [-0.1, -0.05) is 25.5 Å². The standard InChI is InChI=1S/C15H17NO3/c1-9(2)8-16-14(17)12-7-11-6-10(3)4-5-13(11)19-15(12)18/h4-7,9H,8H2,1-3H3,(H,16,17). The number of benzene rings is 1. The third-order valence-corrected chi connectivity index (χ3v) is 2.80. The van der Waals surface area contributed by atoms with E-state index in [9.17, 15) is 9.59 Å². The molecule has 0 saturated carbocycles. The predicted octanol–water partition coefficient (Wildman–Crippen LogP) is 2.49. The topological polar surface area (TPSA) is 59.3 Å². The van der Waals surface area contributed by atoms with Crippen LogP contribution in [-0.2, 0) is 0 Å². The normalized spacial score (nSPS) is 10.9. The summed E-state index contributed by atoms with van der Waals surface area (Å²) in [5.41, 5.74) is 1.00. The van der Waals surface area contributed by atoms with Crippen LogP contribution in [0.5, 0.6) is 0 Å². The SMILES string of the molecule is Cc1ccc2oc(=O)c(C(=O)NCC(C)C)cc2c1. The number of amides is 1. The quantitative estimate of drug-likeness (QED) is 0.861. The van der Waals surface area contributed by atoms with Gasteiger partial charge in [-0.3, -0.25) is 4.79 Å². The summed E-state index contributed by atoms with van der Waals surface area (Å²) in [6, 6.07) is 7.08. The van der Waals surface area contributed by atoms with Crippen LogP contribution in [0, 0.1) is 12.8 Å². The summed E-state index contributed by atoms with van der Waals surface area (Å²) in [5, 5.41) is 3.48. The molecule has 0 saturated heterocycles.